The van der Waals surface area contributed by atoms with Crippen molar-refractivity contribution < 1.29 is 24.1 Å². The van der Waals surface area contributed by atoms with Crippen LogP contribution in [0.15, 0.2) is 24.3 Å². The van der Waals surface area contributed by atoms with Gasteiger partial charge in [-0.25, -0.2) is 4.79 Å². The number of non-ortho nitro benzene ring substituents is 1. The van der Waals surface area contributed by atoms with E-state index < -0.39 is 22.8 Å². The molecule has 1 aromatic carbocycles. The number of nitro groups is 1. The highest BCUT2D eigenvalue weighted by Crippen LogP contribution is 2.39. The lowest BCUT2D eigenvalue weighted by Gasteiger charge is -2.51. The first kappa shape index (κ1) is 21.0. The number of hydrogen-bond acceptors (Lipinski definition) is 7. The summed E-state index contributed by atoms with van der Waals surface area (Å²) in [6.07, 6.45) is 1.25. The van der Waals surface area contributed by atoms with Crippen LogP contribution in [0.2, 0.25) is 0 Å². The monoisotopic (exact) mass is 378 g/mol. The minimum Gasteiger partial charge on any atom is -0.467 e. The van der Waals surface area contributed by atoms with Crippen LogP contribution < -0.4 is 0 Å². The molecule has 2 rings (SSSR count). The number of nitrogens with zero attached hydrogens (tertiary/aromatic N) is 2. The largest absolute Gasteiger partial charge is 0.467 e. The summed E-state index contributed by atoms with van der Waals surface area (Å²) < 4.78 is 4.78. The standard InChI is InChI=1S/C19H26N2O6/c1-18(2)11-6-12-19(3,4)21(18)27-16(17(23)26-5)15(22)13-7-9-14(10-8-13)20(24)25/h7-10,16H,6,11-12H2,1-5H3. The number of Topliss-reactive ketones (excluding diaryl/α,β-unsaturated/α-hetero) is 1. The third-order valence-corrected chi connectivity index (χ3v) is 4.90. The second kappa shape index (κ2) is 7.74. The number of hydroxylamine groups is 2. The molecular formula is C19H26N2O6. The number of hydrogen-bond donors (Lipinski definition) is 0. The molecule has 0 radical (unpaired) electrons. The van der Waals surface area contributed by atoms with Crippen molar-refractivity contribution in [3.8, 4) is 0 Å². The normalized spacial score (nSPS) is 19.9. The van der Waals surface area contributed by atoms with Crippen LogP contribution in [0.3, 0.4) is 0 Å². The summed E-state index contributed by atoms with van der Waals surface area (Å²) in [4.78, 5) is 41.4. The first-order valence-corrected chi connectivity index (χ1v) is 8.83. The first-order valence-electron chi connectivity index (χ1n) is 8.83. The summed E-state index contributed by atoms with van der Waals surface area (Å²) in [5.41, 5.74) is -0.739. The molecule has 27 heavy (non-hydrogen) atoms. The molecule has 0 amide bonds. The van der Waals surface area contributed by atoms with Gasteiger partial charge in [-0.3, -0.25) is 19.7 Å². The van der Waals surface area contributed by atoms with Gasteiger partial charge in [-0.15, -0.1) is 0 Å². The molecule has 0 spiro atoms. The molecule has 0 aliphatic carbocycles. The molecule has 0 saturated carbocycles. The molecular weight excluding hydrogens is 352 g/mol. The fourth-order valence-corrected chi connectivity index (χ4v) is 3.57. The van der Waals surface area contributed by atoms with Crippen molar-refractivity contribution in [3.05, 3.63) is 39.9 Å². The predicted octanol–water partition coefficient (Wildman–Crippen LogP) is 3.29. The number of rotatable bonds is 6. The van der Waals surface area contributed by atoms with Gasteiger partial charge in [0.15, 0.2) is 0 Å². The predicted molar refractivity (Wildman–Crippen MR) is 98.2 cm³/mol. The van der Waals surface area contributed by atoms with Crippen molar-refractivity contribution in [2.75, 3.05) is 7.11 Å². The maximum atomic E-state index is 12.9. The summed E-state index contributed by atoms with van der Waals surface area (Å²) in [5.74, 6) is -1.41. The van der Waals surface area contributed by atoms with E-state index in [0.717, 1.165) is 19.3 Å². The van der Waals surface area contributed by atoms with Crippen LogP contribution in [0.25, 0.3) is 0 Å². The number of methoxy groups -OCH3 is 1. The summed E-state index contributed by atoms with van der Waals surface area (Å²) in [7, 11) is 1.19. The van der Waals surface area contributed by atoms with Crippen LogP contribution >= 0.6 is 0 Å². The highest BCUT2D eigenvalue weighted by Gasteiger charge is 2.46. The van der Waals surface area contributed by atoms with Gasteiger partial charge in [-0.2, -0.15) is 5.06 Å². The number of nitro benzene ring substituents is 1. The molecule has 1 aromatic rings. The van der Waals surface area contributed by atoms with Crippen LogP contribution in [0.5, 0.6) is 0 Å². The molecule has 1 saturated heterocycles. The molecule has 0 N–H and O–H groups in total. The number of ketones is 1. The van der Waals surface area contributed by atoms with Crippen molar-refractivity contribution in [3.63, 3.8) is 0 Å². The third-order valence-electron chi connectivity index (χ3n) is 4.90. The Balaban J connectivity index is 2.33. The van der Waals surface area contributed by atoms with E-state index in [9.17, 15) is 19.7 Å². The quantitative estimate of drug-likeness (QED) is 0.246. The maximum Gasteiger partial charge on any atom is 0.345 e. The van der Waals surface area contributed by atoms with Gasteiger partial charge >= 0.3 is 5.97 Å². The molecule has 0 aromatic heterocycles. The molecule has 8 heteroatoms. The molecule has 1 atom stereocenters. The van der Waals surface area contributed by atoms with Gasteiger partial charge in [0.05, 0.1) is 12.0 Å². The lowest BCUT2D eigenvalue weighted by Crippen LogP contribution is -2.60. The minimum absolute atomic E-state index is 0.139. The molecule has 0 bridgehead atoms. The highest BCUT2D eigenvalue weighted by atomic mass is 16.7. The number of ether oxygens (including phenoxy) is 1. The van der Waals surface area contributed by atoms with E-state index >= 15 is 0 Å². The molecule has 1 fully saturated rings. The zero-order chi connectivity index (χ0) is 20.4. The summed E-state index contributed by atoms with van der Waals surface area (Å²) in [6, 6.07) is 5.06. The van der Waals surface area contributed by atoms with Crippen molar-refractivity contribution in [1.29, 1.82) is 0 Å². The Bertz CT molecular complexity index is 710. The van der Waals surface area contributed by atoms with E-state index in [0.29, 0.717) is 0 Å². The Morgan fingerprint density at radius 2 is 1.63 bits per heavy atom. The second-order valence-corrected chi connectivity index (χ2v) is 7.95. The highest BCUT2D eigenvalue weighted by molar-refractivity contribution is 6.11. The number of carbonyl (C=O) groups is 2. The topological polar surface area (TPSA) is 99.0 Å². The number of esters is 1. The van der Waals surface area contributed by atoms with Gasteiger partial charge in [0.1, 0.15) is 0 Å². The van der Waals surface area contributed by atoms with Crippen LogP contribution in [0, 0.1) is 10.1 Å². The van der Waals surface area contributed by atoms with E-state index in [-0.39, 0.29) is 22.3 Å². The van der Waals surface area contributed by atoms with Gasteiger partial charge in [-0.05, 0) is 59.1 Å². The molecule has 1 unspecified atom stereocenters. The Labute approximate surface area is 158 Å². The maximum absolute atomic E-state index is 12.9. The zero-order valence-corrected chi connectivity index (χ0v) is 16.4. The Morgan fingerprint density at radius 1 is 1.11 bits per heavy atom. The number of benzene rings is 1. The van der Waals surface area contributed by atoms with Gasteiger partial charge in [0, 0.05) is 28.8 Å². The van der Waals surface area contributed by atoms with Gasteiger partial charge in [-0.1, -0.05) is 0 Å². The van der Waals surface area contributed by atoms with Crippen LogP contribution in [0.4, 0.5) is 5.69 Å². The zero-order valence-electron chi connectivity index (χ0n) is 16.4. The summed E-state index contributed by atoms with van der Waals surface area (Å²) in [6.45, 7) is 7.99. The van der Waals surface area contributed by atoms with E-state index in [4.69, 9.17) is 9.57 Å². The molecule has 148 valence electrons. The summed E-state index contributed by atoms with van der Waals surface area (Å²) in [5, 5.41) is 12.5. The first-order chi connectivity index (χ1) is 12.5. The lowest BCUT2D eigenvalue weighted by atomic mass is 9.82. The second-order valence-electron chi connectivity index (χ2n) is 7.95. The van der Waals surface area contributed by atoms with Crippen molar-refractivity contribution in [1.82, 2.24) is 5.06 Å². The third kappa shape index (κ3) is 4.51. The fourth-order valence-electron chi connectivity index (χ4n) is 3.57. The number of carbonyl (C=O) groups excluding carboxylic acids is 2. The molecule has 1 aliphatic heterocycles. The molecule has 8 nitrogen and oxygen atoms in total. The van der Waals surface area contributed by atoms with E-state index in [2.05, 4.69) is 0 Å². The SMILES string of the molecule is COC(=O)C(ON1C(C)(C)CCCC1(C)C)C(=O)c1ccc([N+](=O)[O-])cc1. The molecule has 1 aliphatic rings. The van der Waals surface area contributed by atoms with Crippen molar-refractivity contribution in [2.45, 2.75) is 64.1 Å². The average Bonchev–Trinajstić information content (AvgIpc) is 2.59. The average molecular weight is 378 g/mol. The van der Waals surface area contributed by atoms with Crippen LogP contribution in [-0.2, 0) is 14.4 Å². The minimum atomic E-state index is -1.48. The van der Waals surface area contributed by atoms with Crippen molar-refractivity contribution in [2.24, 2.45) is 0 Å². The number of piperidine rings is 1. The smallest absolute Gasteiger partial charge is 0.345 e. The van der Waals surface area contributed by atoms with Gasteiger partial charge in [0.2, 0.25) is 11.9 Å². The fraction of sp³-hybridized carbons (Fsp3) is 0.579. The van der Waals surface area contributed by atoms with E-state index in [1.54, 1.807) is 5.06 Å². The molecule has 1 heterocycles. The van der Waals surface area contributed by atoms with Crippen LogP contribution in [0.1, 0.15) is 57.3 Å². The van der Waals surface area contributed by atoms with E-state index in [1.807, 2.05) is 27.7 Å². The Hall–Kier alpha value is -2.32. The van der Waals surface area contributed by atoms with Crippen LogP contribution in [-0.4, -0.2) is 46.0 Å². The summed E-state index contributed by atoms with van der Waals surface area (Å²) >= 11 is 0. The Kier molecular flexibility index (Phi) is 6.01. The Morgan fingerprint density at radius 3 is 2.07 bits per heavy atom. The van der Waals surface area contributed by atoms with Crippen molar-refractivity contribution >= 4 is 17.4 Å². The van der Waals surface area contributed by atoms with E-state index in [1.165, 1.54) is 31.4 Å². The lowest BCUT2D eigenvalue weighted by molar-refractivity contribution is -0.384. The van der Waals surface area contributed by atoms with Gasteiger partial charge in [0.25, 0.3) is 5.69 Å². The van der Waals surface area contributed by atoms with Gasteiger partial charge < -0.3 is 4.74 Å².